The van der Waals surface area contributed by atoms with Gasteiger partial charge in [0.15, 0.2) is 0 Å². The number of carboxylic acids is 1. The first-order valence-corrected chi connectivity index (χ1v) is 6.67. The smallest absolute Gasteiger partial charge is 0.336 e. The quantitative estimate of drug-likeness (QED) is 0.674. The van der Waals surface area contributed by atoms with Crippen LogP contribution in [0, 0.1) is 10.1 Å². The molecule has 0 spiro atoms. The molecule has 2 unspecified atom stereocenters. The Bertz CT molecular complexity index is 519. The second kappa shape index (κ2) is 5.58. The van der Waals surface area contributed by atoms with E-state index in [4.69, 9.17) is 9.84 Å². The van der Waals surface area contributed by atoms with Crippen LogP contribution in [0.4, 0.5) is 5.69 Å². The topological polar surface area (TPSA) is 89.7 Å². The highest BCUT2D eigenvalue weighted by Crippen LogP contribution is 2.36. The third-order valence-electron chi connectivity index (χ3n) is 2.99. The molecule has 1 aromatic carbocycles. The molecule has 1 N–H and O–H groups in total. The Hall–Kier alpha value is -1.60. The van der Waals surface area contributed by atoms with Gasteiger partial charge in [-0.25, -0.2) is 4.79 Å². The van der Waals surface area contributed by atoms with Crippen LogP contribution in [0.2, 0.25) is 0 Å². The van der Waals surface area contributed by atoms with Crippen molar-refractivity contribution in [2.75, 3.05) is 6.61 Å². The van der Waals surface area contributed by atoms with E-state index in [2.05, 4.69) is 0 Å². The van der Waals surface area contributed by atoms with Crippen LogP contribution >= 0.6 is 11.8 Å². The molecule has 6 nitrogen and oxygen atoms in total. The van der Waals surface area contributed by atoms with Crippen molar-refractivity contribution in [3.05, 3.63) is 33.9 Å². The zero-order valence-electron chi connectivity index (χ0n) is 10.2. The Balaban J connectivity index is 2.32. The maximum Gasteiger partial charge on any atom is 0.336 e. The molecule has 19 heavy (non-hydrogen) atoms. The summed E-state index contributed by atoms with van der Waals surface area (Å²) in [5.74, 6) is -1.08. The largest absolute Gasteiger partial charge is 0.478 e. The van der Waals surface area contributed by atoms with Crippen molar-refractivity contribution in [2.45, 2.75) is 29.6 Å². The van der Waals surface area contributed by atoms with Crippen molar-refractivity contribution in [2.24, 2.45) is 0 Å². The van der Waals surface area contributed by atoms with Gasteiger partial charge in [-0.1, -0.05) is 0 Å². The fourth-order valence-corrected chi connectivity index (χ4v) is 3.21. The first-order valence-electron chi connectivity index (χ1n) is 5.79. The Kier molecular flexibility index (Phi) is 4.06. The number of hydrogen-bond donors (Lipinski definition) is 1. The van der Waals surface area contributed by atoms with E-state index in [1.165, 1.54) is 30.0 Å². The van der Waals surface area contributed by atoms with Crippen molar-refractivity contribution in [1.29, 1.82) is 0 Å². The number of non-ortho nitro benzene ring substituents is 1. The summed E-state index contributed by atoms with van der Waals surface area (Å²) in [6.45, 7) is 2.55. The highest BCUT2D eigenvalue weighted by atomic mass is 32.2. The van der Waals surface area contributed by atoms with Gasteiger partial charge in [0.1, 0.15) is 0 Å². The number of nitrogens with zero attached hydrogens (tertiary/aromatic N) is 1. The van der Waals surface area contributed by atoms with E-state index >= 15 is 0 Å². The highest BCUT2D eigenvalue weighted by Gasteiger charge is 2.27. The van der Waals surface area contributed by atoms with Crippen molar-refractivity contribution in [3.8, 4) is 0 Å². The van der Waals surface area contributed by atoms with Crippen LogP contribution in [0.15, 0.2) is 23.1 Å². The van der Waals surface area contributed by atoms with E-state index in [1.54, 1.807) is 0 Å². The van der Waals surface area contributed by atoms with Gasteiger partial charge in [-0.15, -0.1) is 11.8 Å². The molecule has 2 rings (SSSR count). The highest BCUT2D eigenvalue weighted by molar-refractivity contribution is 8.00. The van der Waals surface area contributed by atoms with Crippen LogP contribution in [0.3, 0.4) is 0 Å². The van der Waals surface area contributed by atoms with Crippen LogP contribution in [0.5, 0.6) is 0 Å². The van der Waals surface area contributed by atoms with Gasteiger partial charge in [0, 0.05) is 28.9 Å². The van der Waals surface area contributed by atoms with E-state index < -0.39 is 10.9 Å². The van der Waals surface area contributed by atoms with Crippen molar-refractivity contribution >= 4 is 23.4 Å². The predicted molar refractivity (Wildman–Crippen MR) is 69.7 cm³/mol. The Morgan fingerprint density at radius 3 is 2.84 bits per heavy atom. The molecule has 1 aromatic rings. The molecule has 0 radical (unpaired) electrons. The second-order valence-electron chi connectivity index (χ2n) is 4.26. The van der Waals surface area contributed by atoms with E-state index in [0.717, 1.165) is 6.42 Å². The summed E-state index contributed by atoms with van der Waals surface area (Å²) < 4.78 is 5.41. The number of thioether (sulfide) groups is 1. The normalized spacial score (nSPS) is 22.4. The number of rotatable bonds is 4. The first kappa shape index (κ1) is 13.8. The molecule has 7 heteroatoms. The molecule has 1 aliphatic heterocycles. The minimum atomic E-state index is -1.08. The number of ether oxygens (including phenoxy) is 1. The molecule has 0 aliphatic carbocycles. The lowest BCUT2D eigenvalue weighted by molar-refractivity contribution is -0.385. The SMILES string of the molecule is CC1OCCC1Sc1cc([N+](=O)[O-])ccc1C(=O)O. The van der Waals surface area contributed by atoms with Crippen LogP contribution in [0.1, 0.15) is 23.7 Å². The van der Waals surface area contributed by atoms with Gasteiger partial charge in [-0.05, 0) is 19.4 Å². The van der Waals surface area contributed by atoms with Gasteiger partial charge in [-0.2, -0.15) is 0 Å². The van der Waals surface area contributed by atoms with Crippen molar-refractivity contribution in [3.63, 3.8) is 0 Å². The van der Waals surface area contributed by atoms with Crippen molar-refractivity contribution in [1.82, 2.24) is 0 Å². The van der Waals surface area contributed by atoms with Gasteiger partial charge in [0.05, 0.1) is 16.6 Å². The van der Waals surface area contributed by atoms with Crippen LogP contribution in [-0.2, 0) is 4.74 Å². The number of benzene rings is 1. The molecule has 1 heterocycles. The van der Waals surface area contributed by atoms with E-state index in [9.17, 15) is 14.9 Å². The number of aromatic carboxylic acids is 1. The Labute approximate surface area is 113 Å². The maximum atomic E-state index is 11.1. The van der Waals surface area contributed by atoms with Gasteiger partial charge in [0.25, 0.3) is 5.69 Å². The standard InChI is InChI=1S/C12H13NO5S/c1-7-10(4-5-18-7)19-11-6-8(13(16)17)2-3-9(11)12(14)15/h2-3,6-7,10H,4-5H2,1H3,(H,14,15). The molecule has 102 valence electrons. The zero-order valence-corrected chi connectivity index (χ0v) is 11.1. The van der Waals surface area contributed by atoms with Crippen LogP contribution < -0.4 is 0 Å². The summed E-state index contributed by atoms with van der Waals surface area (Å²) in [5.41, 5.74) is -0.00577. The summed E-state index contributed by atoms with van der Waals surface area (Å²) >= 11 is 1.34. The fraction of sp³-hybridized carbons (Fsp3) is 0.417. The lowest BCUT2D eigenvalue weighted by atomic mass is 10.2. The van der Waals surface area contributed by atoms with Gasteiger partial charge in [0.2, 0.25) is 0 Å². The number of carbonyl (C=O) groups is 1. The summed E-state index contributed by atoms with van der Waals surface area (Å²) in [6, 6.07) is 3.81. The maximum absolute atomic E-state index is 11.1. The predicted octanol–water partition coefficient (Wildman–Crippen LogP) is 2.56. The third kappa shape index (κ3) is 3.05. The van der Waals surface area contributed by atoms with Crippen LogP contribution in [0.25, 0.3) is 0 Å². The molecule has 1 fully saturated rings. The van der Waals surface area contributed by atoms with Gasteiger partial charge >= 0.3 is 5.97 Å². The Morgan fingerprint density at radius 2 is 2.32 bits per heavy atom. The van der Waals surface area contributed by atoms with Crippen molar-refractivity contribution < 1.29 is 19.6 Å². The minimum Gasteiger partial charge on any atom is -0.478 e. The molecule has 0 saturated carbocycles. The average Bonchev–Trinajstić information content (AvgIpc) is 2.74. The second-order valence-corrected chi connectivity index (χ2v) is 5.54. The average molecular weight is 283 g/mol. The summed E-state index contributed by atoms with van der Waals surface area (Å²) in [5, 5.41) is 20.0. The minimum absolute atomic E-state index is 0.0194. The number of nitro benzene ring substituents is 1. The lowest BCUT2D eigenvalue weighted by Crippen LogP contribution is -2.14. The fourth-order valence-electron chi connectivity index (χ4n) is 1.93. The number of carboxylic acid groups (broad SMARTS) is 1. The molecule has 1 aliphatic rings. The molecule has 2 atom stereocenters. The molecule has 0 aromatic heterocycles. The summed E-state index contributed by atoms with van der Waals surface area (Å²) in [4.78, 5) is 21.8. The number of hydrogen-bond acceptors (Lipinski definition) is 5. The lowest BCUT2D eigenvalue weighted by Gasteiger charge is -2.14. The van der Waals surface area contributed by atoms with E-state index in [-0.39, 0.29) is 22.6 Å². The zero-order chi connectivity index (χ0) is 14.0. The van der Waals surface area contributed by atoms with Gasteiger partial charge < -0.3 is 9.84 Å². The molecular weight excluding hydrogens is 270 g/mol. The van der Waals surface area contributed by atoms with E-state index in [1.807, 2.05) is 6.92 Å². The summed E-state index contributed by atoms with van der Waals surface area (Å²) in [6.07, 6.45) is 0.832. The molecular formula is C12H13NO5S. The first-order chi connectivity index (χ1) is 8.99. The van der Waals surface area contributed by atoms with Crippen LogP contribution in [-0.4, -0.2) is 34.0 Å². The monoisotopic (exact) mass is 283 g/mol. The van der Waals surface area contributed by atoms with Gasteiger partial charge in [-0.3, -0.25) is 10.1 Å². The Morgan fingerprint density at radius 1 is 1.58 bits per heavy atom. The number of nitro groups is 1. The van der Waals surface area contributed by atoms with E-state index in [0.29, 0.717) is 11.5 Å². The summed E-state index contributed by atoms with van der Waals surface area (Å²) in [7, 11) is 0. The third-order valence-corrected chi connectivity index (χ3v) is 4.50. The molecule has 0 amide bonds. The molecule has 0 bridgehead atoms. The molecule has 1 saturated heterocycles.